The first-order valence-electron chi connectivity index (χ1n) is 8.92. The van der Waals surface area contributed by atoms with Crippen LogP contribution in [0, 0.1) is 5.92 Å². The predicted molar refractivity (Wildman–Crippen MR) is 103 cm³/mol. The number of carbonyl (C=O) groups excluding carboxylic acids is 2. The van der Waals surface area contributed by atoms with Crippen LogP contribution in [0.2, 0.25) is 0 Å². The second kappa shape index (κ2) is 7.07. The summed E-state index contributed by atoms with van der Waals surface area (Å²) in [4.78, 5) is 27.3. The van der Waals surface area contributed by atoms with Crippen molar-refractivity contribution in [3.05, 3.63) is 78.0 Å². The summed E-state index contributed by atoms with van der Waals surface area (Å²) < 4.78 is 1.56. The first kappa shape index (κ1) is 17.0. The lowest BCUT2D eigenvalue weighted by molar-refractivity contribution is 0.0780. The molecule has 1 fully saturated rings. The zero-order chi connectivity index (χ0) is 18.8. The minimum atomic E-state index is -0.256. The van der Waals surface area contributed by atoms with E-state index in [0.717, 1.165) is 5.69 Å². The molecule has 136 valence electrons. The highest BCUT2D eigenvalue weighted by atomic mass is 16.2. The number of benzene rings is 2. The van der Waals surface area contributed by atoms with Gasteiger partial charge in [-0.3, -0.25) is 9.59 Å². The van der Waals surface area contributed by atoms with Crippen LogP contribution in [-0.4, -0.2) is 39.5 Å². The van der Waals surface area contributed by atoms with Crippen molar-refractivity contribution in [3.8, 4) is 5.69 Å². The van der Waals surface area contributed by atoms with E-state index in [1.54, 1.807) is 21.7 Å². The van der Waals surface area contributed by atoms with E-state index in [2.05, 4.69) is 5.10 Å². The van der Waals surface area contributed by atoms with Gasteiger partial charge in [-0.05, 0) is 30.7 Å². The summed E-state index contributed by atoms with van der Waals surface area (Å²) in [6.07, 6.45) is 2.15. The summed E-state index contributed by atoms with van der Waals surface area (Å²) in [5, 5.41) is 4.27. The molecule has 0 bridgehead atoms. The van der Waals surface area contributed by atoms with E-state index in [0.29, 0.717) is 36.5 Å². The van der Waals surface area contributed by atoms with Crippen LogP contribution in [0.25, 0.3) is 5.69 Å². The lowest BCUT2D eigenvalue weighted by Gasteiger charge is -2.16. The Balaban J connectivity index is 1.50. The maximum absolute atomic E-state index is 12.9. The number of amides is 1. The molecule has 27 heavy (non-hydrogen) atoms. The summed E-state index contributed by atoms with van der Waals surface area (Å²) in [7, 11) is 0. The Labute approximate surface area is 157 Å². The fraction of sp³-hybridized carbons (Fsp3) is 0.190. The van der Waals surface area contributed by atoms with Crippen LogP contribution in [0.3, 0.4) is 0 Å². The molecular weight excluding hydrogens is 340 g/mol. The van der Waals surface area contributed by atoms with Gasteiger partial charge >= 0.3 is 0 Å². The summed E-state index contributed by atoms with van der Waals surface area (Å²) in [5.74, 6) is -0.0238. The molecule has 2 heterocycles. The van der Waals surface area contributed by atoms with Crippen LogP contribution in [0.1, 0.15) is 27.1 Å². The third kappa shape index (κ3) is 3.21. The number of nitrogen functional groups attached to an aromatic ring is 1. The van der Waals surface area contributed by atoms with Gasteiger partial charge in [0.05, 0.1) is 17.4 Å². The number of hydrogen-bond acceptors (Lipinski definition) is 4. The fourth-order valence-electron chi connectivity index (χ4n) is 3.46. The van der Waals surface area contributed by atoms with E-state index in [4.69, 9.17) is 5.73 Å². The summed E-state index contributed by atoms with van der Waals surface area (Å²) in [6.45, 7) is 0.972. The minimum Gasteiger partial charge on any atom is -0.383 e. The van der Waals surface area contributed by atoms with Crippen LogP contribution >= 0.6 is 0 Å². The van der Waals surface area contributed by atoms with Gasteiger partial charge in [0.2, 0.25) is 0 Å². The number of hydrogen-bond donors (Lipinski definition) is 1. The molecule has 0 spiro atoms. The van der Waals surface area contributed by atoms with E-state index in [1.165, 1.54) is 6.20 Å². The first-order valence-corrected chi connectivity index (χ1v) is 8.92. The van der Waals surface area contributed by atoms with Crippen LogP contribution in [-0.2, 0) is 0 Å². The van der Waals surface area contributed by atoms with Crippen molar-refractivity contribution in [1.82, 2.24) is 14.7 Å². The quantitative estimate of drug-likeness (QED) is 0.726. The Morgan fingerprint density at radius 3 is 2.37 bits per heavy atom. The number of para-hydroxylation sites is 1. The van der Waals surface area contributed by atoms with Crippen molar-refractivity contribution in [1.29, 1.82) is 0 Å². The zero-order valence-corrected chi connectivity index (χ0v) is 14.8. The van der Waals surface area contributed by atoms with Crippen molar-refractivity contribution in [2.75, 3.05) is 18.8 Å². The normalized spacial score (nSPS) is 16.4. The summed E-state index contributed by atoms with van der Waals surface area (Å²) in [6, 6.07) is 18.6. The molecular formula is C21H20N4O2. The number of nitrogens with two attached hydrogens (primary N) is 1. The monoisotopic (exact) mass is 360 g/mol. The average Bonchev–Trinajstić information content (AvgIpc) is 3.35. The number of aromatic nitrogens is 2. The second-order valence-corrected chi connectivity index (χ2v) is 6.66. The number of rotatable bonds is 4. The van der Waals surface area contributed by atoms with Gasteiger partial charge in [-0.25, -0.2) is 4.68 Å². The molecule has 1 amide bonds. The van der Waals surface area contributed by atoms with Gasteiger partial charge in [0.25, 0.3) is 5.91 Å². The third-order valence-corrected chi connectivity index (χ3v) is 4.94. The molecule has 0 radical (unpaired) electrons. The number of anilines is 1. The number of Topliss-reactive ketones (excluding diaryl/α,β-unsaturated/α-hetero) is 1. The van der Waals surface area contributed by atoms with Gasteiger partial charge < -0.3 is 10.6 Å². The fourth-order valence-corrected chi connectivity index (χ4v) is 3.46. The lowest BCUT2D eigenvalue weighted by atomic mass is 9.98. The van der Waals surface area contributed by atoms with Gasteiger partial charge in [0.1, 0.15) is 5.82 Å². The Kier molecular flexibility index (Phi) is 4.46. The van der Waals surface area contributed by atoms with Gasteiger partial charge in [0, 0.05) is 24.6 Å². The van der Waals surface area contributed by atoms with Crippen LogP contribution in [0.5, 0.6) is 0 Å². The molecule has 1 aliphatic heterocycles. The molecule has 6 heteroatoms. The SMILES string of the molecule is Nc1c(C(=O)C2CCN(C(=O)c3ccccc3)C2)cnn1-c1ccccc1. The molecule has 1 unspecified atom stereocenters. The van der Waals surface area contributed by atoms with Crippen molar-refractivity contribution in [2.24, 2.45) is 5.92 Å². The van der Waals surface area contributed by atoms with Gasteiger partial charge in [-0.1, -0.05) is 36.4 Å². The van der Waals surface area contributed by atoms with Crippen molar-refractivity contribution >= 4 is 17.5 Å². The molecule has 0 aliphatic carbocycles. The van der Waals surface area contributed by atoms with Crippen molar-refractivity contribution in [2.45, 2.75) is 6.42 Å². The topological polar surface area (TPSA) is 81.2 Å². The number of nitrogens with zero attached hydrogens (tertiary/aromatic N) is 3. The van der Waals surface area contributed by atoms with E-state index >= 15 is 0 Å². The van der Waals surface area contributed by atoms with Gasteiger partial charge in [0.15, 0.2) is 5.78 Å². The average molecular weight is 360 g/mol. The Morgan fingerprint density at radius 2 is 1.67 bits per heavy atom. The molecule has 1 atom stereocenters. The zero-order valence-electron chi connectivity index (χ0n) is 14.8. The molecule has 0 saturated carbocycles. The molecule has 1 saturated heterocycles. The van der Waals surface area contributed by atoms with E-state index in [-0.39, 0.29) is 17.6 Å². The van der Waals surface area contributed by atoms with Crippen molar-refractivity contribution < 1.29 is 9.59 Å². The number of likely N-dealkylation sites (tertiary alicyclic amines) is 1. The standard InChI is InChI=1S/C21H20N4O2/c22-20-18(13-23-25(20)17-9-5-2-6-10-17)19(26)16-11-12-24(14-16)21(27)15-7-3-1-4-8-15/h1-10,13,16H,11-12,14,22H2. The van der Waals surface area contributed by atoms with E-state index in [1.807, 2.05) is 48.5 Å². The molecule has 2 aromatic carbocycles. The smallest absolute Gasteiger partial charge is 0.253 e. The Bertz CT molecular complexity index is 966. The van der Waals surface area contributed by atoms with Crippen LogP contribution in [0.15, 0.2) is 66.9 Å². The van der Waals surface area contributed by atoms with Gasteiger partial charge in [-0.2, -0.15) is 5.10 Å². The predicted octanol–water partition coefficient (Wildman–Crippen LogP) is 2.80. The second-order valence-electron chi connectivity index (χ2n) is 6.66. The lowest BCUT2D eigenvalue weighted by Crippen LogP contribution is -2.30. The maximum Gasteiger partial charge on any atom is 0.253 e. The Morgan fingerprint density at radius 1 is 1.00 bits per heavy atom. The molecule has 1 aliphatic rings. The highest BCUT2D eigenvalue weighted by Crippen LogP contribution is 2.26. The molecule has 1 aromatic heterocycles. The molecule has 3 aromatic rings. The number of carbonyl (C=O) groups is 2. The van der Waals surface area contributed by atoms with Gasteiger partial charge in [-0.15, -0.1) is 0 Å². The third-order valence-electron chi connectivity index (χ3n) is 4.94. The van der Waals surface area contributed by atoms with E-state index in [9.17, 15) is 9.59 Å². The van der Waals surface area contributed by atoms with Crippen LogP contribution < -0.4 is 5.73 Å². The molecule has 6 nitrogen and oxygen atoms in total. The summed E-state index contributed by atoms with van der Waals surface area (Å²) >= 11 is 0. The minimum absolute atomic E-state index is 0.0427. The summed E-state index contributed by atoms with van der Waals surface area (Å²) in [5.41, 5.74) is 8.05. The largest absolute Gasteiger partial charge is 0.383 e. The maximum atomic E-state index is 12.9. The Hall–Kier alpha value is -3.41. The number of ketones is 1. The highest BCUT2D eigenvalue weighted by molar-refractivity contribution is 6.03. The molecule has 4 rings (SSSR count). The van der Waals surface area contributed by atoms with Crippen molar-refractivity contribution in [3.63, 3.8) is 0 Å². The van der Waals surface area contributed by atoms with E-state index < -0.39 is 0 Å². The highest BCUT2D eigenvalue weighted by Gasteiger charge is 2.33. The molecule has 2 N–H and O–H groups in total. The first-order chi connectivity index (χ1) is 13.1. The van der Waals surface area contributed by atoms with Crippen LogP contribution in [0.4, 0.5) is 5.82 Å².